The van der Waals surface area contributed by atoms with Crippen LogP contribution in [0.15, 0.2) is 91.0 Å². The van der Waals surface area contributed by atoms with Crippen molar-refractivity contribution in [3.05, 3.63) is 91.0 Å². The lowest BCUT2D eigenvalue weighted by atomic mass is 10.3. The van der Waals surface area contributed by atoms with Crippen LogP contribution >= 0.6 is 7.26 Å². The van der Waals surface area contributed by atoms with Crippen molar-refractivity contribution in [1.29, 1.82) is 0 Å². The lowest BCUT2D eigenvalue weighted by Gasteiger charge is -2.27. The van der Waals surface area contributed by atoms with Crippen molar-refractivity contribution in [3.8, 4) is 0 Å². The van der Waals surface area contributed by atoms with E-state index in [4.69, 9.17) is 0 Å². The quantitative estimate of drug-likeness (QED) is 0.480. The maximum absolute atomic E-state index is 3.29. The summed E-state index contributed by atoms with van der Waals surface area (Å²) in [5, 5.41) is 7.74. The van der Waals surface area contributed by atoms with Crippen molar-refractivity contribution in [3.63, 3.8) is 0 Å². The Morgan fingerprint density at radius 1 is 0.600 bits per heavy atom. The molecule has 1 nitrogen and oxygen atoms in total. The summed E-state index contributed by atoms with van der Waals surface area (Å²) in [6.07, 6.45) is 3.66. The Morgan fingerprint density at radius 2 is 1.00 bits per heavy atom. The molecule has 0 fully saturated rings. The molecular weight excluding hydrogens is 321 g/mol. The number of benzene rings is 3. The van der Waals surface area contributed by atoms with E-state index in [0.717, 1.165) is 6.54 Å². The van der Waals surface area contributed by atoms with E-state index < -0.39 is 7.26 Å². The molecule has 0 aliphatic heterocycles. The first-order valence-corrected chi connectivity index (χ1v) is 11.0. The van der Waals surface area contributed by atoms with E-state index in [1.807, 2.05) is 7.05 Å². The predicted molar refractivity (Wildman–Crippen MR) is 113 cm³/mol. The molecule has 1 N–H and O–H groups in total. The summed E-state index contributed by atoms with van der Waals surface area (Å²) in [6, 6.07) is 33.4. The molecule has 0 aliphatic carbocycles. The van der Waals surface area contributed by atoms with Gasteiger partial charge in [-0.1, -0.05) is 54.6 Å². The molecule has 0 unspecified atom stereocenters. The average Bonchev–Trinajstić information content (AvgIpc) is 2.70. The van der Waals surface area contributed by atoms with E-state index >= 15 is 0 Å². The Kier molecular flexibility index (Phi) is 6.39. The lowest BCUT2D eigenvalue weighted by Crippen LogP contribution is -2.33. The summed E-state index contributed by atoms with van der Waals surface area (Å²) in [4.78, 5) is 0. The molecule has 3 aromatic carbocycles. The number of nitrogens with one attached hydrogen (secondary N) is 1. The normalized spacial score (nSPS) is 11.4. The Balaban J connectivity index is 2.13. The van der Waals surface area contributed by atoms with Crippen LogP contribution in [0.5, 0.6) is 0 Å². The highest BCUT2D eigenvalue weighted by Crippen LogP contribution is 2.55. The Morgan fingerprint density at radius 3 is 1.36 bits per heavy atom. The van der Waals surface area contributed by atoms with Gasteiger partial charge in [-0.05, 0) is 62.8 Å². The van der Waals surface area contributed by atoms with Crippen molar-refractivity contribution in [2.24, 2.45) is 0 Å². The molecule has 0 aliphatic rings. The van der Waals surface area contributed by atoms with E-state index in [1.54, 1.807) is 0 Å². The fourth-order valence-corrected chi connectivity index (χ4v) is 7.94. The Labute approximate surface area is 152 Å². The van der Waals surface area contributed by atoms with Gasteiger partial charge in [0.25, 0.3) is 0 Å². The van der Waals surface area contributed by atoms with Gasteiger partial charge in [-0.15, -0.1) is 0 Å². The molecule has 0 atom stereocenters. The van der Waals surface area contributed by atoms with E-state index in [-0.39, 0.29) is 0 Å². The number of hydrogen-bond donors (Lipinski definition) is 1. The van der Waals surface area contributed by atoms with Gasteiger partial charge in [0, 0.05) is 0 Å². The van der Waals surface area contributed by atoms with Crippen LogP contribution in [0.3, 0.4) is 0 Å². The van der Waals surface area contributed by atoms with Crippen LogP contribution in [0.2, 0.25) is 0 Å². The van der Waals surface area contributed by atoms with Gasteiger partial charge in [0.15, 0.2) is 0 Å². The number of unbranched alkanes of at least 4 members (excludes halogenated alkanes) is 1. The van der Waals surface area contributed by atoms with Crippen molar-refractivity contribution in [1.82, 2.24) is 5.32 Å². The van der Waals surface area contributed by atoms with E-state index in [9.17, 15) is 0 Å². The summed E-state index contributed by atoms with van der Waals surface area (Å²) >= 11 is 0. The molecule has 3 aromatic rings. The average molecular weight is 348 g/mol. The van der Waals surface area contributed by atoms with Crippen molar-refractivity contribution in [2.45, 2.75) is 12.8 Å². The molecular formula is C23H27NP+. The highest BCUT2D eigenvalue weighted by molar-refractivity contribution is 7.95. The maximum Gasteiger partial charge on any atom is 0.112 e. The van der Waals surface area contributed by atoms with Crippen LogP contribution in [0.25, 0.3) is 0 Å². The highest BCUT2D eigenvalue weighted by atomic mass is 31.2. The fraction of sp³-hybridized carbons (Fsp3) is 0.217. The zero-order valence-corrected chi connectivity index (χ0v) is 15.8. The van der Waals surface area contributed by atoms with Gasteiger partial charge in [0.05, 0.1) is 6.16 Å². The van der Waals surface area contributed by atoms with E-state index in [2.05, 4.69) is 96.3 Å². The molecule has 0 radical (unpaired) electrons. The number of hydrogen-bond acceptors (Lipinski definition) is 1. The summed E-state index contributed by atoms with van der Waals surface area (Å²) in [5.41, 5.74) is 0. The van der Waals surface area contributed by atoms with Crippen LogP contribution in [-0.2, 0) is 0 Å². The molecule has 0 heterocycles. The molecule has 0 amide bonds. The van der Waals surface area contributed by atoms with Crippen molar-refractivity contribution in [2.75, 3.05) is 19.8 Å². The molecule has 2 heteroatoms. The van der Waals surface area contributed by atoms with Gasteiger partial charge in [-0.25, -0.2) is 0 Å². The van der Waals surface area contributed by atoms with Crippen LogP contribution < -0.4 is 21.2 Å². The zero-order chi connectivity index (χ0) is 17.4. The second kappa shape index (κ2) is 8.94. The standard InChI is InChI=1S/C23H27NP/c1-24-19-11-12-20-25(21-13-5-2-6-14-21,22-15-7-3-8-16-22)23-17-9-4-10-18-23/h2-10,13-18,24H,11-12,19-20H2,1H3/q+1. The Bertz CT molecular complexity index is 644. The minimum Gasteiger partial charge on any atom is -0.320 e. The Hall–Kier alpha value is -1.95. The maximum atomic E-state index is 3.29. The predicted octanol–water partition coefficient (Wildman–Crippen LogP) is 3.98. The third-order valence-corrected chi connectivity index (χ3v) is 9.29. The third kappa shape index (κ3) is 4.00. The molecule has 128 valence electrons. The minimum absolute atomic E-state index is 1.08. The van der Waals surface area contributed by atoms with Gasteiger partial charge >= 0.3 is 0 Å². The SMILES string of the molecule is CNCCCC[P+](c1ccccc1)(c1ccccc1)c1ccccc1. The molecule has 25 heavy (non-hydrogen) atoms. The van der Waals surface area contributed by atoms with Gasteiger partial charge in [-0.2, -0.15) is 0 Å². The van der Waals surface area contributed by atoms with Crippen LogP contribution in [0.4, 0.5) is 0 Å². The topological polar surface area (TPSA) is 12.0 Å². The molecule has 0 spiro atoms. The molecule has 0 saturated heterocycles. The second-order valence-corrected chi connectivity index (χ2v) is 9.97. The van der Waals surface area contributed by atoms with Crippen LogP contribution in [0.1, 0.15) is 12.8 Å². The molecule has 0 aromatic heterocycles. The first-order valence-electron chi connectivity index (χ1n) is 9.07. The molecule has 0 saturated carbocycles. The smallest absolute Gasteiger partial charge is 0.112 e. The van der Waals surface area contributed by atoms with Crippen LogP contribution in [-0.4, -0.2) is 19.8 Å². The first kappa shape index (κ1) is 17.9. The number of rotatable bonds is 8. The monoisotopic (exact) mass is 348 g/mol. The van der Waals surface area contributed by atoms with Crippen LogP contribution in [0, 0.1) is 0 Å². The van der Waals surface area contributed by atoms with Gasteiger partial charge in [0.1, 0.15) is 23.2 Å². The van der Waals surface area contributed by atoms with Crippen molar-refractivity contribution >= 4 is 23.2 Å². The van der Waals surface area contributed by atoms with Crippen molar-refractivity contribution < 1.29 is 0 Å². The van der Waals surface area contributed by atoms with Gasteiger partial charge < -0.3 is 5.32 Å². The summed E-state index contributed by atoms with van der Waals surface area (Å²) in [6.45, 7) is 1.08. The fourth-order valence-electron chi connectivity index (χ4n) is 3.53. The largest absolute Gasteiger partial charge is 0.320 e. The molecule has 0 bridgehead atoms. The van der Waals surface area contributed by atoms with Gasteiger partial charge in [-0.3, -0.25) is 0 Å². The lowest BCUT2D eigenvalue weighted by molar-refractivity contribution is 0.713. The molecule has 3 rings (SSSR count). The second-order valence-electron chi connectivity index (χ2n) is 6.35. The highest BCUT2D eigenvalue weighted by Gasteiger charge is 2.44. The van der Waals surface area contributed by atoms with E-state index in [0.29, 0.717) is 0 Å². The van der Waals surface area contributed by atoms with E-state index in [1.165, 1.54) is 34.9 Å². The minimum atomic E-state index is -1.62. The third-order valence-electron chi connectivity index (χ3n) is 4.76. The summed E-state index contributed by atoms with van der Waals surface area (Å²) < 4.78 is 0. The zero-order valence-electron chi connectivity index (χ0n) is 14.9. The first-order chi connectivity index (χ1) is 12.4. The summed E-state index contributed by atoms with van der Waals surface area (Å²) in [7, 11) is 0.414. The summed E-state index contributed by atoms with van der Waals surface area (Å²) in [5.74, 6) is 0. The van der Waals surface area contributed by atoms with Gasteiger partial charge in [0.2, 0.25) is 0 Å².